The van der Waals surface area contributed by atoms with Crippen molar-refractivity contribution in [2.75, 3.05) is 5.32 Å². The number of nitrogens with zero attached hydrogens (tertiary/aromatic N) is 4. The van der Waals surface area contributed by atoms with Gasteiger partial charge in [-0.2, -0.15) is 4.36 Å². The van der Waals surface area contributed by atoms with E-state index in [1.807, 2.05) is 13.0 Å². The van der Waals surface area contributed by atoms with Gasteiger partial charge in [0, 0.05) is 29.9 Å². The third-order valence-electron chi connectivity index (χ3n) is 4.27. The van der Waals surface area contributed by atoms with Crippen LogP contribution in [0.2, 0.25) is 0 Å². The number of hydrogen-bond acceptors (Lipinski definition) is 8. The number of fused-ring (bicyclic) bond motifs is 1. The number of ether oxygens (including phenoxy) is 1. The van der Waals surface area contributed by atoms with Crippen LogP contribution in [0.1, 0.15) is 17.0 Å². The maximum absolute atomic E-state index is 13.8. The van der Waals surface area contributed by atoms with E-state index >= 15 is 0 Å². The molecule has 0 unspecified atom stereocenters. The zero-order valence-corrected chi connectivity index (χ0v) is 16.5. The molecule has 0 fully saturated rings. The predicted octanol–water partition coefficient (Wildman–Crippen LogP) is 5.06. The van der Waals surface area contributed by atoms with Crippen LogP contribution in [0.3, 0.4) is 0 Å². The highest BCUT2D eigenvalue weighted by molar-refractivity contribution is 7.47. The van der Waals surface area contributed by atoms with Crippen molar-refractivity contribution < 1.29 is 13.7 Å². The Morgan fingerprint density at radius 2 is 2.03 bits per heavy atom. The molecule has 0 bridgehead atoms. The van der Waals surface area contributed by atoms with Crippen molar-refractivity contribution in [2.24, 2.45) is 4.36 Å². The number of halogens is 1. The summed E-state index contributed by atoms with van der Waals surface area (Å²) in [6, 6.07) is 9.65. The van der Waals surface area contributed by atoms with Gasteiger partial charge in [0.25, 0.3) is 0 Å². The average molecular weight is 409 g/mol. The third-order valence-corrected chi connectivity index (χ3v) is 4.49. The van der Waals surface area contributed by atoms with Gasteiger partial charge in [0.05, 0.1) is 16.9 Å². The molecule has 0 aliphatic rings. The fourth-order valence-electron chi connectivity index (χ4n) is 3.00. The van der Waals surface area contributed by atoms with E-state index in [1.54, 1.807) is 25.1 Å². The molecule has 4 rings (SSSR count). The Bertz CT molecular complexity index is 1210. The molecule has 29 heavy (non-hydrogen) atoms. The number of aromatic nitrogens is 3. The highest BCUT2D eigenvalue weighted by atomic mass is 32.1. The molecule has 0 aliphatic heterocycles. The van der Waals surface area contributed by atoms with Crippen LogP contribution in [0.15, 0.2) is 51.6 Å². The van der Waals surface area contributed by atoms with Crippen molar-refractivity contribution in [3.8, 4) is 5.75 Å². The molecule has 1 N–H and O–H groups in total. The molecule has 2 heterocycles. The highest BCUT2D eigenvalue weighted by Gasteiger charge is 2.13. The van der Waals surface area contributed by atoms with Gasteiger partial charge in [0.2, 0.25) is 0 Å². The van der Waals surface area contributed by atoms with E-state index in [1.165, 1.54) is 18.5 Å². The summed E-state index contributed by atoms with van der Waals surface area (Å²) in [5, 5.41) is 7.92. The van der Waals surface area contributed by atoms with Crippen molar-refractivity contribution >= 4 is 40.5 Å². The largest absolute Gasteiger partial charge is 0.485 e. The van der Waals surface area contributed by atoms with Gasteiger partial charge < -0.3 is 14.6 Å². The van der Waals surface area contributed by atoms with Gasteiger partial charge in [0.15, 0.2) is 0 Å². The van der Waals surface area contributed by atoms with E-state index < -0.39 is 5.82 Å². The van der Waals surface area contributed by atoms with Crippen molar-refractivity contribution in [2.45, 2.75) is 20.5 Å². The van der Waals surface area contributed by atoms with Gasteiger partial charge in [-0.15, -0.1) is 0 Å². The fourth-order valence-corrected chi connectivity index (χ4v) is 3.11. The smallest absolute Gasteiger partial charge is 0.146 e. The summed E-state index contributed by atoms with van der Waals surface area (Å²) >= 11 is 4.78. The van der Waals surface area contributed by atoms with Crippen LogP contribution in [0.25, 0.3) is 10.9 Å². The molecular weight excluding hydrogens is 393 g/mol. The Morgan fingerprint density at radius 1 is 1.17 bits per heavy atom. The van der Waals surface area contributed by atoms with Crippen LogP contribution in [0.4, 0.5) is 21.6 Å². The topological polar surface area (TPSA) is 85.4 Å². The first-order valence-electron chi connectivity index (χ1n) is 8.74. The monoisotopic (exact) mass is 409 g/mol. The second-order valence-electron chi connectivity index (χ2n) is 6.45. The molecular formula is C20H16FN5O2S. The molecule has 0 saturated heterocycles. The lowest BCUT2D eigenvalue weighted by atomic mass is 10.1. The minimum atomic E-state index is -0.415. The molecule has 0 spiro atoms. The molecule has 0 aliphatic carbocycles. The lowest BCUT2D eigenvalue weighted by Crippen LogP contribution is -2.02. The molecule has 2 aromatic heterocycles. The number of hydrogen-bond donors (Lipinski definition) is 1. The second kappa shape index (κ2) is 7.88. The Balaban J connectivity index is 1.68. The van der Waals surface area contributed by atoms with Crippen molar-refractivity contribution in [3.05, 3.63) is 65.6 Å². The Morgan fingerprint density at radius 3 is 2.79 bits per heavy atom. The van der Waals surface area contributed by atoms with Gasteiger partial charge in [0.1, 0.15) is 41.8 Å². The van der Waals surface area contributed by atoms with Gasteiger partial charge in [-0.25, -0.2) is 14.4 Å². The quantitative estimate of drug-likeness (QED) is 0.476. The summed E-state index contributed by atoms with van der Waals surface area (Å²) in [6.45, 7) is 3.86. The number of aryl methyl sites for hydroxylation is 2. The Labute approximate surface area is 171 Å². The van der Waals surface area contributed by atoms with E-state index in [0.29, 0.717) is 39.9 Å². The summed E-state index contributed by atoms with van der Waals surface area (Å²) < 4.78 is 28.4. The van der Waals surface area contributed by atoms with Gasteiger partial charge in [-0.05, 0) is 43.7 Å². The third kappa shape index (κ3) is 4.04. The number of rotatable bonds is 6. The van der Waals surface area contributed by atoms with Crippen LogP contribution in [-0.2, 0) is 19.0 Å². The molecule has 0 amide bonds. The first-order chi connectivity index (χ1) is 14.0. The van der Waals surface area contributed by atoms with Crippen LogP contribution < -0.4 is 10.1 Å². The lowest BCUT2D eigenvalue weighted by molar-refractivity contribution is 0.288. The molecule has 0 radical (unpaired) electrons. The van der Waals surface area contributed by atoms with E-state index in [2.05, 4.69) is 24.8 Å². The minimum Gasteiger partial charge on any atom is -0.485 e. The summed E-state index contributed by atoms with van der Waals surface area (Å²) in [4.78, 5) is 8.65. The van der Waals surface area contributed by atoms with E-state index in [4.69, 9.17) is 21.7 Å². The second-order valence-corrected chi connectivity index (χ2v) is 6.64. The van der Waals surface area contributed by atoms with E-state index in [0.717, 1.165) is 10.9 Å². The number of anilines is 2. The van der Waals surface area contributed by atoms with Gasteiger partial charge in [-0.3, -0.25) is 0 Å². The van der Waals surface area contributed by atoms with Gasteiger partial charge >= 0.3 is 0 Å². The molecule has 0 saturated carbocycles. The Kier molecular flexibility index (Phi) is 5.13. The zero-order chi connectivity index (χ0) is 20.4. The maximum atomic E-state index is 13.8. The molecule has 4 aromatic rings. The summed E-state index contributed by atoms with van der Waals surface area (Å²) in [6.07, 6.45) is 1.44. The average Bonchev–Trinajstić information content (AvgIpc) is 3.13. The predicted molar refractivity (Wildman–Crippen MR) is 109 cm³/mol. The number of nitrogens with one attached hydrogen (secondary N) is 1. The molecule has 146 valence electrons. The van der Waals surface area contributed by atoms with Crippen molar-refractivity contribution in [3.63, 3.8) is 0 Å². The van der Waals surface area contributed by atoms with E-state index in [-0.39, 0.29) is 6.61 Å². The standard InChI is InChI=1S/C20H16FN5O2S/c1-11-5-14(26-29)8-17-19(11)20(23-10-22-17)24-16-4-3-13(21)7-18(16)27-9-15-6-12(2)28-25-15/h3-8,10H,9H2,1-2H3,(H,22,23,24). The van der Waals surface area contributed by atoms with Crippen LogP contribution in [-0.4, -0.2) is 15.1 Å². The molecule has 2 aromatic carbocycles. The number of benzene rings is 2. The van der Waals surface area contributed by atoms with Crippen LogP contribution >= 0.6 is 0 Å². The fraction of sp³-hybridized carbons (Fsp3) is 0.150. The van der Waals surface area contributed by atoms with Crippen LogP contribution in [0.5, 0.6) is 5.75 Å². The summed E-state index contributed by atoms with van der Waals surface area (Å²) in [7, 11) is 0. The zero-order valence-electron chi connectivity index (χ0n) is 15.6. The highest BCUT2D eigenvalue weighted by Crippen LogP contribution is 2.33. The molecule has 7 nitrogen and oxygen atoms in total. The summed E-state index contributed by atoms with van der Waals surface area (Å²) in [5.74, 6) is 1.15. The minimum absolute atomic E-state index is 0.142. The van der Waals surface area contributed by atoms with E-state index in [9.17, 15) is 4.39 Å². The molecule has 9 heteroatoms. The normalized spacial score (nSPS) is 10.9. The van der Waals surface area contributed by atoms with Crippen molar-refractivity contribution in [1.29, 1.82) is 0 Å². The first kappa shape index (κ1) is 18.9. The Hall–Kier alpha value is -3.46. The van der Waals surface area contributed by atoms with Gasteiger partial charge in [-0.1, -0.05) is 5.16 Å². The maximum Gasteiger partial charge on any atom is 0.146 e. The summed E-state index contributed by atoms with van der Waals surface area (Å²) in [5.41, 5.74) is 3.44. The lowest BCUT2D eigenvalue weighted by Gasteiger charge is -2.14. The van der Waals surface area contributed by atoms with Crippen LogP contribution in [0, 0.1) is 19.7 Å². The SMILES string of the molecule is Cc1cc(COc2cc(F)ccc2Nc2ncnc3cc(N=S)cc(C)c23)no1. The first-order valence-corrected chi connectivity index (χ1v) is 9.10. The van der Waals surface area contributed by atoms with Crippen molar-refractivity contribution in [1.82, 2.24) is 15.1 Å². The molecule has 0 atom stereocenters.